The lowest BCUT2D eigenvalue weighted by molar-refractivity contribution is -0.313. The van der Waals surface area contributed by atoms with Crippen LogP contribution < -0.4 is 0 Å². The maximum absolute atomic E-state index is 12.7. The number of carbonyl (C=O) groups excluding carboxylic acids is 1. The van der Waals surface area contributed by atoms with Gasteiger partial charge in [0.2, 0.25) is 0 Å². The number of methoxy groups -OCH3 is 1. The first kappa shape index (κ1) is 20.4. The molecule has 2 fully saturated rings. The monoisotopic (exact) mass is 414 g/mol. The van der Waals surface area contributed by atoms with Crippen molar-refractivity contribution < 1.29 is 44.8 Å². The van der Waals surface area contributed by atoms with Crippen molar-refractivity contribution in [2.45, 2.75) is 49.8 Å². The minimum absolute atomic E-state index is 0.157. The Labute approximate surface area is 154 Å². The first-order valence-corrected chi connectivity index (χ1v) is 10.1. The molecule has 7 nitrogen and oxygen atoms in total. The standard InChI is InChI=1S/C16H21F3O7S/c1-23-14(20)13-10-4-2-7-15(24-8-3-9-25-15)11(10)5-6-12(13)26-27(21,22)16(17,18)19/h10-11H,2-9H2,1H3. The summed E-state index contributed by atoms with van der Waals surface area (Å²) in [7, 11) is -4.79. The van der Waals surface area contributed by atoms with Gasteiger partial charge >= 0.3 is 21.6 Å². The van der Waals surface area contributed by atoms with Crippen LogP contribution in [-0.2, 0) is 33.3 Å². The van der Waals surface area contributed by atoms with Crippen molar-refractivity contribution >= 4 is 16.1 Å². The van der Waals surface area contributed by atoms with Gasteiger partial charge in [0.1, 0.15) is 5.76 Å². The Morgan fingerprint density at radius 1 is 1.19 bits per heavy atom. The van der Waals surface area contributed by atoms with Gasteiger partial charge in [0.15, 0.2) is 5.79 Å². The number of hydrogen-bond acceptors (Lipinski definition) is 7. The molecule has 0 aromatic rings. The molecule has 0 N–H and O–H groups in total. The van der Waals surface area contributed by atoms with Crippen molar-refractivity contribution in [3.8, 4) is 0 Å². The summed E-state index contributed by atoms with van der Waals surface area (Å²) in [4.78, 5) is 12.3. The molecule has 0 bridgehead atoms. The highest BCUT2D eigenvalue weighted by Gasteiger charge is 2.55. The summed E-state index contributed by atoms with van der Waals surface area (Å²) in [6.07, 6.45) is 2.56. The normalized spacial score (nSPS) is 28.6. The van der Waals surface area contributed by atoms with Gasteiger partial charge < -0.3 is 18.4 Å². The fourth-order valence-corrected chi connectivity index (χ4v) is 4.78. The van der Waals surface area contributed by atoms with Crippen molar-refractivity contribution in [3.05, 3.63) is 11.3 Å². The van der Waals surface area contributed by atoms with Crippen LogP contribution in [0, 0.1) is 11.8 Å². The summed E-state index contributed by atoms with van der Waals surface area (Å²) in [5, 5.41) is 0. The van der Waals surface area contributed by atoms with Crippen LogP contribution in [-0.4, -0.2) is 46.0 Å². The zero-order valence-electron chi connectivity index (χ0n) is 14.7. The van der Waals surface area contributed by atoms with Crippen LogP contribution in [0.1, 0.15) is 38.5 Å². The third-order valence-electron chi connectivity index (χ3n) is 5.33. The molecule has 0 aromatic heterocycles. The van der Waals surface area contributed by atoms with E-state index in [1.807, 2.05) is 0 Å². The predicted octanol–water partition coefficient (Wildman–Crippen LogP) is 2.62. The lowest BCUT2D eigenvalue weighted by Gasteiger charge is -2.51. The van der Waals surface area contributed by atoms with E-state index >= 15 is 0 Å². The largest absolute Gasteiger partial charge is 0.534 e. The maximum Gasteiger partial charge on any atom is 0.534 e. The van der Waals surface area contributed by atoms with Gasteiger partial charge in [-0.05, 0) is 25.7 Å². The van der Waals surface area contributed by atoms with Gasteiger partial charge in [0.05, 0.1) is 25.9 Å². The lowest BCUT2D eigenvalue weighted by atomic mass is 9.66. The second-order valence-corrected chi connectivity index (χ2v) is 8.36. The topological polar surface area (TPSA) is 88.1 Å². The van der Waals surface area contributed by atoms with Gasteiger partial charge in [-0.2, -0.15) is 21.6 Å². The van der Waals surface area contributed by atoms with Crippen LogP contribution in [0.5, 0.6) is 0 Å². The Morgan fingerprint density at radius 2 is 1.85 bits per heavy atom. The number of allylic oxidation sites excluding steroid dienone is 1. The van der Waals surface area contributed by atoms with Gasteiger partial charge in [0, 0.05) is 24.7 Å². The SMILES string of the molecule is COC(=O)C1=C(OS(=O)(=O)C(F)(F)F)CCC2C1CCCC21OCCCO1. The second-order valence-electron chi connectivity index (χ2n) is 6.82. The smallest absolute Gasteiger partial charge is 0.466 e. The van der Waals surface area contributed by atoms with Crippen molar-refractivity contribution in [1.29, 1.82) is 0 Å². The molecule has 0 aromatic carbocycles. The Bertz CT molecular complexity index is 717. The summed E-state index contributed by atoms with van der Waals surface area (Å²) in [5.41, 5.74) is -5.75. The number of hydrogen-bond donors (Lipinski definition) is 0. The zero-order valence-corrected chi connectivity index (χ0v) is 15.5. The number of rotatable bonds is 3. The van der Waals surface area contributed by atoms with E-state index in [2.05, 4.69) is 4.18 Å². The van der Waals surface area contributed by atoms with E-state index in [1.165, 1.54) is 0 Å². The average molecular weight is 414 g/mol. The summed E-state index contributed by atoms with van der Waals surface area (Å²) >= 11 is 0. The molecule has 1 saturated carbocycles. The molecule has 27 heavy (non-hydrogen) atoms. The number of ether oxygens (including phenoxy) is 3. The first-order chi connectivity index (χ1) is 12.6. The molecule has 154 valence electrons. The Hall–Kier alpha value is -1.33. The minimum Gasteiger partial charge on any atom is -0.466 e. The van der Waals surface area contributed by atoms with Gasteiger partial charge in [0.25, 0.3) is 0 Å². The van der Waals surface area contributed by atoms with E-state index < -0.39 is 39.1 Å². The van der Waals surface area contributed by atoms with Gasteiger partial charge in [-0.1, -0.05) is 0 Å². The van der Waals surface area contributed by atoms with Crippen molar-refractivity contribution in [1.82, 2.24) is 0 Å². The van der Waals surface area contributed by atoms with E-state index in [0.717, 1.165) is 13.5 Å². The molecule has 2 unspecified atom stereocenters. The Kier molecular flexibility index (Phi) is 5.48. The van der Waals surface area contributed by atoms with Crippen LogP contribution >= 0.6 is 0 Å². The highest BCUT2D eigenvalue weighted by atomic mass is 32.2. The summed E-state index contributed by atoms with van der Waals surface area (Å²) in [6.45, 7) is 0.985. The van der Waals surface area contributed by atoms with Crippen molar-refractivity contribution in [2.75, 3.05) is 20.3 Å². The second kappa shape index (κ2) is 7.25. The number of fused-ring (bicyclic) bond motifs is 2. The summed E-state index contributed by atoms with van der Waals surface area (Å²) in [6, 6.07) is 0. The van der Waals surface area contributed by atoms with Gasteiger partial charge in [-0.15, -0.1) is 0 Å². The molecule has 0 radical (unpaired) electrons. The van der Waals surface area contributed by atoms with Crippen molar-refractivity contribution in [2.24, 2.45) is 11.8 Å². The zero-order chi connectivity index (χ0) is 19.9. The molecule has 2 aliphatic carbocycles. The fraction of sp³-hybridized carbons (Fsp3) is 0.812. The van der Waals surface area contributed by atoms with E-state index in [9.17, 15) is 26.4 Å². The van der Waals surface area contributed by atoms with Gasteiger partial charge in [-0.3, -0.25) is 0 Å². The molecule has 1 heterocycles. The lowest BCUT2D eigenvalue weighted by Crippen LogP contribution is -2.54. The van der Waals surface area contributed by atoms with E-state index in [1.54, 1.807) is 0 Å². The quantitative estimate of drug-likeness (QED) is 0.399. The molecule has 0 amide bonds. The van der Waals surface area contributed by atoms with E-state index in [0.29, 0.717) is 32.5 Å². The predicted molar refractivity (Wildman–Crippen MR) is 84.4 cm³/mol. The highest BCUT2D eigenvalue weighted by Crippen LogP contribution is 2.52. The van der Waals surface area contributed by atoms with E-state index in [4.69, 9.17) is 14.2 Å². The van der Waals surface area contributed by atoms with Crippen LogP contribution in [0.3, 0.4) is 0 Å². The Balaban J connectivity index is 1.99. The fourth-order valence-electron chi connectivity index (χ4n) is 4.25. The van der Waals surface area contributed by atoms with Crippen LogP contribution in [0.2, 0.25) is 0 Å². The Morgan fingerprint density at radius 3 is 2.44 bits per heavy atom. The van der Waals surface area contributed by atoms with E-state index in [-0.39, 0.29) is 24.3 Å². The average Bonchev–Trinajstić information content (AvgIpc) is 2.60. The summed E-state index contributed by atoms with van der Waals surface area (Å²) in [5.74, 6) is -3.16. The maximum atomic E-state index is 12.7. The molecular weight excluding hydrogens is 393 g/mol. The van der Waals surface area contributed by atoms with Crippen LogP contribution in [0.15, 0.2) is 11.3 Å². The van der Waals surface area contributed by atoms with Crippen LogP contribution in [0.4, 0.5) is 13.2 Å². The molecule has 3 aliphatic rings. The number of esters is 1. The molecular formula is C16H21F3O7S. The number of alkyl halides is 3. The van der Waals surface area contributed by atoms with Crippen molar-refractivity contribution in [3.63, 3.8) is 0 Å². The molecule has 11 heteroatoms. The molecule has 2 atom stereocenters. The summed E-state index contributed by atoms with van der Waals surface area (Å²) < 4.78 is 81.9. The first-order valence-electron chi connectivity index (χ1n) is 8.71. The molecule has 1 spiro atoms. The third kappa shape index (κ3) is 3.68. The third-order valence-corrected chi connectivity index (χ3v) is 6.31. The highest BCUT2D eigenvalue weighted by molar-refractivity contribution is 7.87. The number of carbonyl (C=O) groups is 1. The molecule has 3 rings (SSSR count). The number of halogens is 3. The molecule has 1 aliphatic heterocycles. The van der Waals surface area contributed by atoms with Gasteiger partial charge in [-0.25, -0.2) is 4.79 Å². The van der Waals surface area contributed by atoms with Crippen LogP contribution in [0.25, 0.3) is 0 Å². The minimum atomic E-state index is -5.87. The molecule has 1 saturated heterocycles.